The summed E-state index contributed by atoms with van der Waals surface area (Å²) in [5.74, 6) is 0. The molecule has 0 spiro atoms. The molecule has 74 valence electrons. The highest BCUT2D eigenvalue weighted by molar-refractivity contribution is 7.91. The van der Waals surface area contributed by atoms with Crippen molar-refractivity contribution in [1.29, 1.82) is 0 Å². The lowest BCUT2D eigenvalue weighted by molar-refractivity contribution is 0.602. The zero-order valence-electron chi connectivity index (χ0n) is 8.03. The summed E-state index contributed by atoms with van der Waals surface area (Å²) in [6, 6.07) is 5.67. The summed E-state index contributed by atoms with van der Waals surface area (Å²) in [5.41, 5.74) is 1.98. The Labute approximate surface area is 82.7 Å². The monoisotopic (exact) mass is 209 g/mol. The Kier molecular flexibility index (Phi) is 1.89. The summed E-state index contributed by atoms with van der Waals surface area (Å²) in [6.07, 6.45) is 2.76. The maximum atomic E-state index is 11.4. The molecular weight excluding hydrogens is 198 g/mol. The molecule has 0 amide bonds. The molecule has 0 aliphatic carbocycles. The van der Waals surface area contributed by atoms with E-state index in [1.165, 1.54) is 6.26 Å². The lowest BCUT2D eigenvalue weighted by Crippen LogP contribution is -1.94. The summed E-state index contributed by atoms with van der Waals surface area (Å²) in [6.45, 7) is 1.97. The number of H-pyrrole nitrogens is 1. The molecule has 0 saturated heterocycles. The second-order valence-corrected chi connectivity index (χ2v) is 5.46. The Morgan fingerprint density at radius 2 is 2.00 bits per heavy atom. The third kappa shape index (κ3) is 1.42. The van der Waals surface area contributed by atoms with Crippen molar-refractivity contribution in [2.45, 2.75) is 11.8 Å². The van der Waals surface area contributed by atoms with Gasteiger partial charge in [-0.25, -0.2) is 8.42 Å². The SMILES string of the molecule is Cc1ccc2c(S(C)(=O)=O)c[nH]c2c1. The van der Waals surface area contributed by atoms with E-state index in [4.69, 9.17) is 0 Å². The van der Waals surface area contributed by atoms with E-state index in [0.717, 1.165) is 16.5 Å². The first-order chi connectivity index (χ1) is 6.48. The highest BCUT2D eigenvalue weighted by Gasteiger charge is 2.12. The lowest BCUT2D eigenvalue weighted by atomic mass is 10.2. The van der Waals surface area contributed by atoms with Crippen molar-refractivity contribution in [3.8, 4) is 0 Å². The van der Waals surface area contributed by atoms with Gasteiger partial charge in [-0.05, 0) is 18.6 Å². The van der Waals surface area contributed by atoms with Crippen molar-refractivity contribution in [2.75, 3.05) is 6.26 Å². The standard InChI is InChI=1S/C10H11NO2S/c1-7-3-4-8-9(5-7)11-6-10(8)14(2,12)13/h3-6,11H,1-2H3. The van der Waals surface area contributed by atoms with Gasteiger partial charge in [-0.2, -0.15) is 0 Å². The normalized spacial score (nSPS) is 12.1. The maximum Gasteiger partial charge on any atom is 0.177 e. The number of aromatic amines is 1. The molecular formula is C10H11NO2S. The molecule has 2 aromatic rings. The number of hydrogen-bond acceptors (Lipinski definition) is 2. The topological polar surface area (TPSA) is 49.9 Å². The Hall–Kier alpha value is -1.29. The van der Waals surface area contributed by atoms with E-state index in [0.29, 0.717) is 4.90 Å². The molecule has 4 heteroatoms. The van der Waals surface area contributed by atoms with Crippen LogP contribution in [0.25, 0.3) is 10.9 Å². The molecule has 0 radical (unpaired) electrons. The fourth-order valence-electron chi connectivity index (χ4n) is 1.52. The highest BCUT2D eigenvalue weighted by Crippen LogP contribution is 2.23. The van der Waals surface area contributed by atoms with Gasteiger partial charge in [0.2, 0.25) is 0 Å². The van der Waals surface area contributed by atoms with Gasteiger partial charge in [0, 0.05) is 23.4 Å². The first kappa shape index (κ1) is 9.27. The molecule has 1 aromatic carbocycles. The zero-order valence-corrected chi connectivity index (χ0v) is 8.85. The number of sulfone groups is 1. The van der Waals surface area contributed by atoms with Gasteiger partial charge in [0.05, 0.1) is 4.90 Å². The Morgan fingerprint density at radius 3 is 2.64 bits per heavy atom. The minimum atomic E-state index is -3.13. The van der Waals surface area contributed by atoms with Gasteiger partial charge >= 0.3 is 0 Å². The van der Waals surface area contributed by atoms with Crippen molar-refractivity contribution in [1.82, 2.24) is 4.98 Å². The minimum absolute atomic E-state index is 0.368. The summed E-state index contributed by atoms with van der Waals surface area (Å²) in [4.78, 5) is 3.32. The van der Waals surface area contributed by atoms with Gasteiger partial charge in [0.25, 0.3) is 0 Å². The molecule has 0 bridgehead atoms. The zero-order chi connectivity index (χ0) is 10.3. The number of rotatable bonds is 1. The van der Waals surface area contributed by atoms with E-state index < -0.39 is 9.84 Å². The maximum absolute atomic E-state index is 11.4. The fraction of sp³-hybridized carbons (Fsp3) is 0.200. The largest absolute Gasteiger partial charge is 0.360 e. The first-order valence-corrected chi connectivity index (χ1v) is 6.15. The number of aromatic nitrogens is 1. The van der Waals surface area contributed by atoms with Gasteiger partial charge < -0.3 is 4.98 Å². The lowest BCUT2D eigenvalue weighted by Gasteiger charge is -1.96. The predicted octanol–water partition coefficient (Wildman–Crippen LogP) is 1.88. The van der Waals surface area contributed by atoms with Gasteiger partial charge in [-0.15, -0.1) is 0 Å². The van der Waals surface area contributed by atoms with Gasteiger partial charge in [-0.3, -0.25) is 0 Å². The van der Waals surface area contributed by atoms with Crippen LogP contribution >= 0.6 is 0 Å². The summed E-state index contributed by atoms with van der Waals surface area (Å²) >= 11 is 0. The van der Waals surface area contributed by atoms with Crippen LogP contribution in [-0.4, -0.2) is 19.7 Å². The van der Waals surface area contributed by atoms with Gasteiger partial charge in [0.15, 0.2) is 9.84 Å². The van der Waals surface area contributed by atoms with Crippen molar-refractivity contribution in [3.05, 3.63) is 30.0 Å². The average Bonchev–Trinajstić information content (AvgIpc) is 2.45. The van der Waals surface area contributed by atoms with Crippen molar-refractivity contribution in [3.63, 3.8) is 0 Å². The molecule has 0 fully saturated rings. The summed E-state index contributed by atoms with van der Waals surface area (Å²) in [5, 5.41) is 0.762. The van der Waals surface area contributed by atoms with Crippen molar-refractivity contribution < 1.29 is 8.42 Å². The third-order valence-corrected chi connectivity index (χ3v) is 3.34. The molecule has 1 N–H and O–H groups in total. The van der Waals surface area contributed by atoms with E-state index in [1.807, 2.05) is 25.1 Å². The van der Waals surface area contributed by atoms with Gasteiger partial charge in [-0.1, -0.05) is 12.1 Å². The fourth-order valence-corrected chi connectivity index (χ4v) is 2.37. The molecule has 1 heterocycles. The van der Waals surface area contributed by atoms with E-state index in [2.05, 4.69) is 4.98 Å². The molecule has 1 aromatic heterocycles. The Bertz CT molecular complexity index is 581. The van der Waals surface area contributed by atoms with Crippen LogP contribution in [0, 0.1) is 6.92 Å². The number of fused-ring (bicyclic) bond motifs is 1. The third-order valence-electron chi connectivity index (χ3n) is 2.20. The van der Waals surface area contributed by atoms with Crippen LogP contribution in [-0.2, 0) is 9.84 Å². The molecule has 0 aliphatic rings. The van der Waals surface area contributed by atoms with Crippen LogP contribution in [0.2, 0.25) is 0 Å². The summed E-state index contributed by atoms with van der Waals surface area (Å²) in [7, 11) is -3.13. The minimum Gasteiger partial charge on any atom is -0.360 e. The molecule has 14 heavy (non-hydrogen) atoms. The van der Waals surface area contributed by atoms with Crippen LogP contribution in [0.5, 0.6) is 0 Å². The van der Waals surface area contributed by atoms with Crippen LogP contribution in [0.3, 0.4) is 0 Å². The summed E-state index contributed by atoms with van der Waals surface area (Å²) < 4.78 is 22.7. The number of aryl methyl sites for hydroxylation is 1. The van der Waals surface area contributed by atoms with Crippen LogP contribution in [0.4, 0.5) is 0 Å². The smallest absolute Gasteiger partial charge is 0.177 e. The predicted molar refractivity (Wildman–Crippen MR) is 56.1 cm³/mol. The van der Waals surface area contributed by atoms with E-state index >= 15 is 0 Å². The molecule has 3 nitrogen and oxygen atoms in total. The molecule has 0 saturated carbocycles. The molecule has 0 unspecified atom stereocenters. The van der Waals surface area contributed by atoms with Crippen LogP contribution in [0.15, 0.2) is 29.3 Å². The van der Waals surface area contributed by atoms with Crippen LogP contribution in [0.1, 0.15) is 5.56 Å². The van der Waals surface area contributed by atoms with Gasteiger partial charge in [0.1, 0.15) is 0 Å². The number of nitrogens with one attached hydrogen (secondary N) is 1. The van der Waals surface area contributed by atoms with E-state index in [9.17, 15) is 8.42 Å². The number of hydrogen-bond donors (Lipinski definition) is 1. The first-order valence-electron chi connectivity index (χ1n) is 4.26. The average molecular weight is 209 g/mol. The van der Waals surface area contributed by atoms with Crippen molar-refractivity contribution >= 4 is 20.7 Å². The second kappa shape index (κ2) is 2.85. The van der Waals surface area contributed by atoms with Crippen LogP contribution < -0.4 is 0 Å². The Balaban J connectivity index is 2.83. The van der Waals surface area contributed by atoms with Crippen molar-refractivity contribution in [2.24, 2.45) is 0 Å². The number of benzene rings is 1. The quantitative estimate of drug-likeness (QED) is 0.779. The molecule has 2 rings (SSSR count). The molecule has 0 atom stereocenters. The van der Waals surface area contributed by atoms with E-state index in [1.54, 1.807) is 6.20 Å². The Morgan fingerprint density at radius 1 is 1.29 bits per heavy atom. The second-order valence-electron chi connectivity index (χ2n) is 3.47. The molecule has 0 aliphatic heterocycles. The van der Waals surface area contributed by atoms with E-state index in [-0.39, 0.29) is 0 Å². The highest BCUT2D eigenvalue weighted by atomic mass is 32.2.